The predicted molar refractivity (Wildman–Crippen MR) is 62.5 cm³/mol. The third-order valence-electron chi connectivity index (χ3n) is 2.82. The van der Waals surface area contributed by atoms with Crippen molar-refractivity contribution in [2.75, 3.05) is 25.2 Å². The molecule has 1 fully saturated rings. The van der Waals surface area contributed by atoms with Gasteiger partial charge in [-0.25, -0.2) is 9.97 Å². The average molecular weight is 205 g/mol. The van der Waals surface area contributed by atoms with Gasteiger partial charge in [-0.15, -0.1) is 0 Å². The highest BCUT2D eigenvalue weighted by molar-refractivity contribution is 6.31. The lowest BCUT2D eigenvalue weighted by molar-refractivity contribution is 0.0852. The molecule has 2 rings (SSSR count). The van der Waals surface area contributed by atoms with Crippen LogP contribution in [-0.4, -0.2) is 44.1 Å². The van der Waals surface area contributed by atoms with E-state index in [1.54, 1.807) is 0 Å². The second-order valence-corrected chi connectivity index (χ2v) is 4.01. The zero-order valence-electron chi connectivity index (χ0n) is 9.31. The first-order valence-electron chi connectivity index (χ1n) is 5.36. The second-order valence-electron chi connectivity index (χ2n) is 4.01. The zero-order valence-corrected chi connectivity index (χ0v) is 9.31. The minimum absolute atomic E-state index is 0.515. The van der Waals surface area contributed by atoms with Crippen LogP contribution in [0.5, 0.6) is 0 Å². The molecule has 1 saturated heterocycles. The van der Waals surface area contributed by atoms with Gasteiger partial charge in [-0.1, -0.05) is 5.46 Å². The first-order chi connectivity index (χ1) is 7.27. The van der Waals surface area contributed by atoms with E-state index in [4.69, 9.17) is 4.74 Å². The van der Waals surface area contributed by atoms with E-state index in [2.05, 4.69) is 21.9 Å². The van der Waals surface area contributed by atoms with Crippen LogP contribution in [0.25, 0.3) is 0 Å². The van der Waals surface area contributed by atoms with Crippen molar-refractivity contribution in [3.05, 3.63) is 12.4 Å². The van der Waals surface area contributed by atoms with Gasteiger partial charge in [-0.05, 0) is 12.8 Å². The number of anilines is 1. The van der Waals surface area contributed by atoms with Crippen LogP contribution in [0.1, 0.15) is 12.8 Å². The van der Waals surface area contributed by atoms with Crippen molar-refractivity contribution in [3.63, 3.8) is 0 Å². The van der Waals surface area contributed by atoms with E-state index >= 15 is 0 Å². The molecular weight excluding hydrogens is 189 g/mol. The lowest BCUT2D eigenvalue weighted by Crippen LogP contribution is -2.37. The van der Waals surface area contributed by atoms with Crippen molar-refractivity contribution in [1.29, 1.82) is 0 Å². The monoisotopic (exact) mass is 205 g/mol. The Morgan fingerprint density at radius 3 is 2.53 bits per heavy atom. The van der Waals surface area contributed by atoms with E-state index < -0.39 is 0 Å². The molecule has 1 aromatic rings. The third kappa shape index (κ3) is 2.47. The fraction of sp³-hybridized carbons (Fsp3) is 0.600. The van der Waals surface area contributed by atoms with Crippen LogP contribution >= 0.6 is 0 Å². The maximum atomic E-state index is 5.34. The van der Waals surface area contributed by atoms with Crippen molar-refractivity contribution in [3.8, 4) is 0 Å². The molecule has 2 heterocycles. The van der Waals surface area contributed by atoms with Crippen LogP contribution in [0, 0.1) is 0 Å². The average Bonchev–Trinajstić information content (AvgIpc) is 2.30. The molecule has 0 N–H and O–H groups in total. The van der Waals surface area contributed by atoms with Gasteiger partial charge in [-0.2, -0.15) is 0 Å². The lowest BCUT2D eigenvalue weighted by atomic mass is 10.0. The summed E-state index contributed by atoms with van der Waals surface area (Å²) in [6.07, 6.45) is 5.85. The molecule has 0 atom stereocenters. The maximum Gasteiger partial charge on any atom is 0.225 e. The Bertz CT molecular complexity index is 311. The fourth-order valence-electron chi connectivity index (χ4n) is 1.80. The van der Waals surface area contributed by atoms with Gasteiger partial charge >= 0.3 is 0 Å². The van der Waals surface area contributed by atoms with Gasteiger partial charge in [-0.3, -0.25) is 0 Å². The highest BCUT2D eigenvalue weighted by Crippen LogP contribution is 2.16. The largest absolute Gasteiger partial charge is 0.381 e. The van der Waals surface area contributed by atoms with E-state index in [1.807, 2.05) is 20.2 Å². The van der Waals surface area contributed by atoms with Crippen LogP contribution in [0.3, 0.4) is 0 Å². The smallest absolute Gasteiger partial charge is 0.225 e. The standard InChI is InChI=1S/C10H16BN3O/c1-14(9-2-4-15-5-3-9)10-12-6-8(11)7-13-10/h6-7,9H,2-5,11H2,1H3. The van der Waals surface area contributed by atoms with Gasteiger partial charge in [0.25, 0.3) is 0 Å². The summed E-state index contributed by atoms with van der Waals surface area (Å²) in [7, 11) is 4.05. The topological polar surface area (TPSA) is 38.2 Å². The summed E-state index contributed by atoms with van der Waals surface area (Å²) in [6, 6.07) is 0.515. The van der Waals surface area contributed by atoms with Crippen molar-refractivity contribution < 1.29 is 4.74 Å². The summed E-state index contributed by atoms with van der Waals surface area (Å²) in [5.74, 6) is 0.813. The summed E-state index contributed by atoms with van der Waals surface area (Å²) in [5.41, 5.74) is 1.10. The van der Waals surface area contributed by atoms with Gasteiger partial charge in [0.2, 0.25) is 5.95 Å². The van der Waals surface area contributed by atoms with E-state index in [9.17, 15) is 0 Å². The van der Waals surface area contributed by atoms with Gasteiger partial charge in [0.05, 0.1) is 0 Å². The minimum atomic E-state index is 0.515. The van der Waals surface area contributed by atoms with E-state index in [-0.39, 0.29) is 0 Å². The fourth-order valence-corrected chi connectivity index (χ4v) is 1.80. The molecule has 1 aliphatic heterocycles. The first-order valence-corrected chi connectivity index (χ1v) is 5.36. The Morgan fingerprint density at radius 2 is 1.93 bits per heavy atom. The number of ether oxygens (including phenoxy) is 1. The van der Waals surface area contributed by atoms with Crippen LogP contribution in [-0.2, 0) is 4.74 Å². The molecule has 0 radical (unpaired) electrons. The van der Waals surface area contributed by atoms with Gasteiger partial charge < -0.3 is 9.64 Å². The normalized spacial score (nSPS) is 17.7. The highest BCUT2D eigenvalue weighted by atomic mass is 16.5. The molecule has 0 amide bonds. The summed E-state index contributed by atoms with van der Waals surface area (Å²) < 4.78 is 5.34. The molecule has 0 spiro atoms. The predicted octanol–water partition coefficient (Wildman–Crippen LogP) is -0.650. The summed E-state index contributed by atoms with van der Waals surface area (Å²) in [5, 5.41) is 0. The summed E-state index contributed by atoms with van der Waals surface area (Å²) in [6.45, 7) is 1.70. The summed E-state index contributed by atoms with van der Waals surface area (Å²) >= 11 is 0. The molecule has 80 valence electrons. The quantitative estimate of drug-likeness (QED) is 0.601. The molecule has 4 nitrogen and oxygen atoms in total. The minimum Gasteiger partial charge on any atom is -0.381 e. The number of aromatic nitrogens is 2. The van der Waals surface area contributed by atoms with Crippen molar-refractivity contribution in [1.82, 2.24) is 9.97 Å². The Kier molecular flexibility index (Phi) is 3.21. The van der Waals surface area contributed by atoms with Gasteiger partial charge in [0.15, 0.2) is 0 Å². The zero-order chi connectivity index (χ0) is 10.7. The van der Waals surface area contributed by atoms with E-state index in [1.165, 1.54) is 0 Å². The third-order valence-corrected chi connectivity index (χ3v) is 2.82. The van der Waals surface area contributed by atoms with Crippen LogP contribution in [0.15, 0.2) is 12.4 Å². The number of hydrogen-bond donors (Lipinski definition) is 0. The SMILES string of the molecule is Bc1cnc(N(C)C2CCOCC2)nc1. The molecule has 15 heavy (non-hydrogen) atoms. The van der Waals surface area contributed by atoms with Gasteiger partial charge in [0, 0.05) is 38.7 Å². The molecule has 0 aromatic carbocycles. The lowest BCUT2D eigenvalue weighted by Gasteiger charge is -2.31. The molecule has 1 aromatic heterocycles. The Labute approximate surface area is 91.1 Å². The van der Waals surface area contributed by atoms with Gasteiger partial charge in [0.1, 0.15) is 7.85 Å². The molecule has 0 aliphatic carbocycles. The van der Waals surface area contributed by atoms with Crippen molar-refractivity contribution >= 4 is 19.3 Å². The molecule has 0 saturated carbocycles. The first kappa shape index (κ1) is 10.4. The molecule has 5 heteroatoms. The van der Waals surface area contributed by atoms with E-state index in [0.717, 1.165) is 37.5 Å². The summed E-state index contributed by atoms with van der Waals surface area (Å²) in [4.78, 5) is 10.8. The number of nitrogens with zero attached hydrogens (tertiary/aromatic N) is 3. The Hall–Kier alpha value is -1.10. The van der Waals surface area contributed by atoms with E-state index in [0.29, 0.717) is 6.04 Å². The van der Waals surface area contributed by atoms with Crippen LogP contribution in [0.2, 0.25) is 0 Å². The number of rotatable bonds is 2. The van der Waals surface area contributed by atoms with Crippen LogP contribution < -0.4 is 10.4 Å². The molecular formula is C10H16BN3O. The number of hydrogen-bond acceptors (Lipinski definition) is 4. The Morgan fingerprint density at radius 1 is 1.33 bits per heavy atom. The second kappa shape index (κ2) is 4.62. The molecule has 0 unspecified atom stereocenters. The Balaban J connectivity index is 2.05. The maximum absolute atomic E-state index is 5.34. The molecule has 0 bridgehead atoms. The van der Waals surface area contributed by atoms with Crippen LogP contribution in [0.4, 0.5) is 5.95 Å². The van der Waals surface area contributed by atoms with Crippen molar-refractivity contribution in [2.24, 2.45) is 0 Å². The van der Waals surface area contributed by atoms with Crippen molar-refractivity contribution in [2.45, 2.75) is 18.9 Å². The highest BCUT2D eigenvalue weighted by Gasteiger charge is 2.19. The molecule has 1 aliphatic rings.